The standard InChI is InChI=1S/C7H2F3NO4/c8-3-1-2(7(12)13)6(11(14)15)5(10)4(3)9/h1H,(H,12,13)/p-1. The number of halogens is 3. The van der Waals surface area contributed by atoms with E-state index in [1.807, 2.05) is 0 Å². The van der Waals surface area contributed by atoms with Gasteiger partial charge in [0.1, 0.15) is 0 Å². The van der Waals surface area contributed by atoms with Crippen LogP contribution >= 0.6 is 0 Å². The van der Waals surface area contributed by atoms with Crippen LogP contribution in [0.3, 0.4) is 0 Å². The first-order valence-electron chi connectivity index (χ1n) is 3.39. The van der Waals surface area contributed by atoms with E-state index >= 15 is 0 Å². The number of carboxylic acids is 1. The normalized spacial score (nSPS) is 10.1. The number of aromatic carboxylic acids is 1. The van der Waals surface area contributed by atoms with Crippen LogP contribution in [0, 0.1) is 27.6 Å². The van der Waals surface area contributed by atoms with E-state index in [0.29, 0.717) is 0 Å². The average Bonchev–Trinajstić information content (AvgIpc) is 2.12. The molecule has 1 rings (SSSR count). The molecule has 80 valence electrons. The lowest BCUT2D eigenvalue weighted by atomic mass is 10.1. The maximum atomic E-state index is 12.8. The molecule has 0 radical (unpaired) electrons. The molecule has 0 spiro atoms. The molecule has 0 aromatic heterocycles. The highest BCUT2D eigenvalue weighted by Gasteiger charge is 2.27. The summed E-state index contributed by atoms with van der Waals surface area (Å²) in [6.45, 7) is 0. The van der Waals surface area contributed by atoms with Crippen LogP contribution in [0.1, 0.15) is 10.4 Å². The lowest BCUT2D eigenvalue weighted by Crippen LogP contribution is -2.24. The Kier molecular flexibility index (Phi) is 2.60. The molecule has 0 atom stereocenters. The summed E-state index contributed by atoms with van der Waals surface area (Å²) in [5, 5.41) is 20.5. The van der Waals surface area contributed by atoms with Crippen molar-refractivity contribution >= 4 is 11.7 Å². The molecule has 0 unspecified atom stereocenters. The molecule has 0 bridgehead atoms. The van der Waals surface area contributed by atoms with Crippen molar-refractivity contribution in [3.63, 3.8) is 0 Å². The third kappa shape index (κ3) is 1.73. The minimum absolute atomic E-state index is 0.00806. The number of carbonyl (C=O) groups is 1. The molecule has 0 fully saturated rings. The van der Waals surface area contributed by atoms with Crippen LogP contribution in [0.4, 0.5) is 18.9 Å². The fourth-order valence-electron chi connectivity index (χ4n) is 0.920. The van der Waals surface area contributed by atoms with Crippen molar-refractivity contribution < 1.29 is 28.0 Å². The van der Waals surface area contributed by atoms with Crippen LogP contribution in [0.15, 0.2) is 6.07 Å². The molecular formula is C7HF3NO4-. The Morgan fingerprint density at radius 2 is 1.80 bits per heavy atom. The van der Waals surface area contributed by atoms with Crippen molar-refractivity contribution in [2.75, 3.05) is 0 Å². The molecule has 8 heteroatoms. The fraction of sp³-hybridized carbons (Fsp3) is 0. The highest BCUT2D eigenvalue weighted by Crippen LogP contribution is 2.26. The number of nitro benzene ring substituents is 1. The van der Waals surface area contributed by atoms with Crippen molar-refractivity contribution in [2.45, 2.75) is 0 Å². The molecular weight excluding hydrogens is 219 g/mol. The summed E-state index contributed by atoms with van der Waals surface area (Å²) >= 11 is 0. The Morgan fingerprint density at radius 1 is 1.27 bits per heavy atom. The predicted octanol–water partition coefficient (Wildman–Crippen LogP) is 0.376. The maximum absolute atomic E-state index is 12.8. The van der Waals surface area contributed by atoms with E-state index in [-0.39, 0.29) is 6.07 Å². The van der Waals surface area contributed by atoms with Gasteiger partial charge < -0.3 is 9.90 Å². The molecule has 5 nitrogen and oxygen atoms in total. The van der Waals surface area contributed by atoms with E-state index in [0.717, 1.165) is 0 Å². The largest absolute Gasteiger partial charge is 0.545 e. The second-order valence-corrected chi connectivity index (χ2v) is 2.43. The van der Waals surface area contributed by atoms with Gasteiger partial charge in [-0.2, -0.15) is 4.39 Å². The number of benzene rings is 1. The average molecular weight is 220 g/mol. The van der Waals surface area contributed by atoms with Crippen molar-refractivity contribution in [3.8, 4) is 0 Å². The Balaban J connectivity index is 3.65. The highest BCUT2D eigenvalue weighted by molar-refractivity contribution is 5.90. The second kappa shape index (κ2) is 3.56. The molecule has 0 amide bonds. The Morgan fingerprint density at radius 3 is 2.20 bits per heavy atom. The van der Waals surface area contributed by atoms with Gasteiger partial charge in [0.2, 0.25) is 11.6 Å². The zero-order chi connectivity index (χ0) is 11.7. The van der Waals surface area contributed by atoms with Gasteiger partial charge in [0.15, 0.2) is 5.82 Å². The molecule has 0 aliphatic rings. The monoisotopic (exact) mass is 220 g/mol. The summed E-state index contributed by atoms with van der Waals surface area (Å²) in [6.07, 6.45) is 0. The Hall–Kier alpha value is -2.12. The summed E-state index contributed by atoms with van der Waals surface area (Å²) in [5.74, 6) is -8.28. The number of hydrogen-bond acceptors (Lipinski definition) is 4. The quantitative estimate of drug-likeness (QED) is 0.409. The van der Waals surface area contributed by atoms with Crippen LogP contribution in [0.5, 0.6) is 0 Å². The molecule has 1 aromatic rings. The number of nitro groups is 1. The Labute approximate surface area is 79.9 Å². The van der Waals surface area contributed by atoms with E-state index < -0.39 is 39.6 Å². The molecule has 0 aliphatic carbocycles. The van der Waals surface area contributed by atoms with Crippen LogP contribution in [0.25, 0.3) is 0 Å². The first-order valence-corrected chi connectivity index (χ1v) is 3.39. The summed E-state index contributed by atoms with van der Waals surface area (Å²) in [7, 11) is 0. The van der Waals surface area contributed by atoms with Crippen molar-refractivity contribution in [2.24, 2.45) is 0 Å². The molecule has 0 saturated carbocycles. The minimum Gasteiger partial charge on any atom is -0.545 e. The van der Waals surface area contributed by atoms with E-state index in [2.05, 4.69) is 0 Å². The van der Waals surface area contributed by atoms with E-state index in [4.69, 9.17) is 0 Å². The van der Waals surface area contributed by atoms with Gasteiger partial charge in [-0.05, 0) is 6.07 Å². The zero-order valence-electron chi connectivity index (χ0n) is 6.79. The van der Waals surface area contributed by atoms with Crippen LogP contribution in [-0.2, 0) is 0 Å². The van der Waals surface area contributed by atoms with Gasteiger partial charge in [-0.3, -0.25) is 10.1 Å². The molecule has 15 heavy (non-hydrogen) atoms. The van der Waals surface area contributed by atoms with Gasteiger partial charge in [-0.25, -0.2) is 8.78 Å². The summed E-state index contributed by atoms with van der Waals surface area (Å²) in [4.78, 5) is 19.0. The van der Waals surface area contributed by atoms with Crippen molar-refractivity contribution in [1.82, 2.24) is 0 Å². The lowest BCUT2D eigenvalue weighted by molar-refractivity contribution is -0.388. The van der Waals surface area contributed by atoms with Gasteiger partial charge in [0.05, 0.1) is 16.5 Å². The maximum Gasteiger partial charge on any atom is 0.317 e. The molecule has 1 aromatic carbocycles. The topological polar surface area (TPSA) is 83.3 Å². The molecule has 0 aliphatic heterocycles. The van der Waals surface area contributed by atoms with E-state index in [1.54, 1.807) is 0 Å². The first-order chi connectivity index (χ1) is 6.86. The second-order valence-electron chi connectivity index (χ2n) is 2.43. The molecule has 0 heterocycles. The number of carbonyl (C=O) groups excluding carboxylic acids is 1. The van der Waals surface area contributed by atoms with E-state index in [9.17, 15) is 33.2 Å². The third-order valence-corrected chi connectivity index (χ3v) is 1.54. The fourth-order valence-corrected chi connectivity index (χ4v) is 0.920. The lowest BCUT2D eigenvalue weighted by Gasteiger charge is -2.05. The summed E-state index contributed by atoms with van der Waals surface area (Å²) in [6, 6.07) is -0.00806. The number of rotatable bonds is 2. The number of hydrogen-bond donors (Lipinski definition) is 0. The third-order valence-electron chi connectivity index (χ3n) is 1.54. The smallest absolute Gasteiger partial charge is 0.317 e. The summed E-state index contributed by atoms with van der Waals surface area (Å²) < 4.78 is 37.8. The van der Waals surface area contributed by atoms with Crippen LogP contribution in [0.2, 0.25) is 0 Å². The van der Waals surface area contributed by atoms with Gasteiger partial charge in [-0.15, -0.1) is 0 Å². The van der Waals surface area contributed by atoms with Gasteiger partial charge in [-0.1, -0.05) is 0 Å². The van der Waals surface area contributed by atoms with E-state index in [1.165, 1.54) is 0 Å². The predicted molar refractivity (Wildman–Crippen MR) is 37.3 cm³/mol. The first kappa shape index (κ1) is 11.0. The van der Waals surface area contributed by atoms with Gasteiger partial charge >= 0.3 is 5.69 Å². The molecule has 0 N–H and O–H groups in total. The van der Waals surface area contributed by atoms with Gasteiger partial charge in [0.25, 0.3) is 0 Å². The summed E-state index contributed by atoms with van der Waals surface area (Å²) in [5.41, 5.74) is -3.01. The highest BCUT2D eigenvalue weighted by atomic mass is 19.2. The van der Waals surface area contributed by atoms with Crippen molar-refractivity contribution in [1.29, 1.82) is 0 Å². The SMILES string of the molecule is O=C([O-])c1cc(F)c(F)c(F)c1[N+](=O)[O-]. The van der Waals surface area contributed by atoms with Gasteiger partial charge in [0, 0.05) is 0 Å². The number of nitrogens with zero attached hydrogens (tertiary/aromatic N) is 1. The molecule has 0 saturated heterocycles. The van der Waals surface area contributed by atoms with Crippen LogP contribution in [-0.4, -0.2) is 10.9 Å². The Bertz CT molecular complexity index is 460. The van der Waals surface area contributed by atoms with Crippen LogP contribution < -0.4 is 5.11 Å². The zero-order valence-corrected chi connectivity index (χ0v) is 6.79. The number of carboxylic acid groups (broad SMARTS) is 1. The minimum atomic E-state index is -2.17. The van der Waals surface area contributed by atoms with Crippen molar-refractivity contribution in [3.05, 3.63) is 39.2 Å².